The molecular formula is C17H17FN2O4. The van der Waals surface area contributed by atoms with Gasteiger partial charge in [0.25, 0.3) is 11.6 Å². The second-order valence-electron chi connectivity index (χ2n) is 5.49. The molecule has 2 rings (SSSR count). The quantitative estimate of drug-likeness (QED) is 0.643. The topological polar surface area (TPSA) is 81.5 Å². The summed E-state index contributed by atoms with van der Waals surface area (Å²) in [5.41, 5.74) is 0.503. The average molecular weight is 332 g/mol. The van der Waals surface area contributed by atoms with E-state index in [-0.39, 0.29) is 18.0 Å². The highest BCUT2D eigenvalue weighted by atomic mass is 19.1. The summed E-state index contributed by atoms with van der Waals surface area (Å²) in [4.78, 5) is 21.9. The summed E-state index contributed by atoms with van der Waals surface area (Å²) in [7, 11) is 0. The lowest BCUT2D eigenvalue weighted by molar-refractivity contribution is -0.384. The Balaban J connectivity index is 2.00. The molecule has 0 heterocycles. The molecule has 0 fully saturated rings. The van der Waals surface area contributed by atoms with Gasteiger partial charge in [0, 0.05) is 12.1 Å². The van der Waals surface area contributed by atoms with Crippen molar-refractivity contribution in [3.63, 3.8) is 0 Å². The van der Waals surface area contributed by atoms with E-state index in [1.807, 2.05) is 32.0 Å². The summed E-state index contributed by atoms with van der Waals surface area (Å²) < 4.78 is 19.0. The molecule has 0 radical (unpaired) electrons. The van der Waals surface area contributed by atoms with E-state index in [0.717, 1.165) is 23.8 Å². The van der Waals surface area contributed by atoms with Crippen molar-refractivity contribution in [2.24, 2.45) is 0 Å². The largest absolute Gasteiger partial charge is 0.484 e. The molecule has 1 N–H and O–H groups in total. The van der Waals surface area contributed by atoms with E-state index < -0.39 is 16.6 Å². The molecule has 0 bridgehead atoms. The summed E-state index contributed by atoms with van der Waals surface area (Å²) in [6.45, 7) is 3.75. The fourth-order valence-corrected chi connectivity index (χ4v) is 2.02. The molecule has 2 aromatic rings. The number of nitrogens with one attached hydrogen (secondary N) is 1. The van der Waals surface area contributed by atoms with Crippen molar-refractivity contribution in [1.82, 2.24) is 0 Å². The summed E-state index contributed by atoms with van der Waals surface area (Å²) in [6, 6.07) is 10.2. The molecule has 0 aliphatic heterocycles. The van der Waals surface area contributed by atoms with E-state index in [1.54, 1.807) is 6.07 Å². The van der Waals surface area contributed by atoms with E-state index in [9.17, 15) is 19.3 Å². The number of anilines is 1. The van der Waals surface area contributed by atoms with Crippen LogP contribution in [0, 0.1) is 15.9 Å². The van der Waals surface area contributed by atoms with Crippen molar-refractivity contribution in [2.45, 2.75) is 19.8 Å². The first-order valence-electron chi connectivity index (χ1n) is 7.33. The number of ether oxygens (including phenoxy) is 1. The zero-order chi connectivity index (χ0) is 17.7. The minimum absolute atomic E-state index is 0.256. The number of carbonyl (C=O) groups excluding carboxylic acids is 1. The van der Waals surface area contributed by atoms with E-state index in [2.05, 4.69) is 5.32 Å². The molecule has 0 atom stereocenters. The Labute approximate surface area is 138 Å². The highest BCUT2D eigenvalue weighted by Gasteiger charge is 2.13. The number of benzene rings is 2. The van der Waals surface area contributed by atoms with Gasteiger partial charge in [-0.05, 0) is 29.7 Å². The van der Waals surface area contributed by atoms with Gasteiger partial charge in [0.1, 0.15) is 11.6 Å². The van der Waals surface area contributed by atoms with Gasteiger partial charge in [0.2, 0.25) is 0 Å². The standard InChI is InChI=1S/C17H17FN2O4/c1-11(2)12-4-3-5-14(8-12)24-10-17(21)19-16-9-13(20(22)23)6-7-15(16)18/h3-9,11H,10H2,1-2H3,(H,19,21). The number of nitrogens with zero attached hydrogens (tertiary/aromatic N) is 1. The van der Waals surface area contributed by atoms with Crippen LogP contribution in [0.15, 0.2) is 42.5 Å². The minimum atomic E-state index is -0.754. The van der Waals surface area contributed by atoms with Crippen molar-refractivity contribution < 1.29 is 18.8 Å². The second kappa shape index (κ2) is 7.54. The van der Waals surface area contributed by atoms with E-state index in [1.165, 1.54) is 0 Å². The van der Waals surface area contributed by atoms with E-state index in [4.69, 9.17) is 4.74 Å². The zero-order valence-corrected chi connectivity index (χ0v) is 13.3. The van der Waals surface area contributed by atoms with Crippen LogP contribution in [0.3, 0.4) is 0 Å². The summed E-state index contributed by atoms with van der Waals surface area (Å²) in [6.07, 6.45) is 0. The minimum Gasteiger partial charge on any atom is -0.484 e. The number of hydrogen-bond donors (Lipinski definition) is 1. The molecular weight excluding hydrogens is 315 g/mol. The maximum atomic E-state index is 13.6. The molecule has 0 unspecified atom stereocenters. The predicted octanol–water partition coefficient (Wildman–Crippen LogP) is 3.87. The van der Waals surface area contributed by atoms with Gasteiger partial charge < -0.3 is 10.1 Å². The average Bonchev–Trinajstić information content (AvgIpc) is 2.55. The third kappa shape index (κ3) is 4.52. The van der Waals surface area contributed by atoms with Crippen molar-refractivity contribution >= 4 is 17.3 Å². The highest BCUT2D eigenvalue weighted by molar-refractivity contribution is 5.92. The van der Waals surface area contributed by atoms with Gasteiger partial charge in [0.05, 0.1) is 10.6 Å². The molecule has 0 saturated carbocycles. The van der Waals surface area contributed by atoms with Crippen LogP contribution in [0.5, 0.6) is 5.75 Å². The van der Waals surface area contributed by atoms with Gasteiger partial charge in [0.15, 0.2) is 6.61 Å². The number of hydrogen-bond acceptors (Lipinski definition) is 4. The molecule has 2 aromatic carbocycles. The summed E-state index contributed by atoms with van der Waals surface area (Å²) >= 11 is 0. The van der Waals surface area contributed by atoms with Crippen molar-refractivity contribution in [2.75, 3.05) is 11.9 Å². The van der Waals surface area contributed by atoms with Crippen molar-refractivity contribution in [1.29, 1.82) is 0 Å². The van der Waals surface area contributed by atoms with E-state index >= 15 is 0 Å². The van der Waals surface area contributed by atoms with Gasteiger partial charge in [-0.1, -0.05) is 26.0 Å². The monoisotopic (exact) mass is 332 g/mol. The van der Waals surface area contributed by atoms with Crippen LogP contribution in [0.1, 0.15) is 25.3 Å². The normalized spacial score (nSPS) is 10.5. The van der Waals surface area contributed by atoms with Crippen molar-refractivity contribution in [3.8, 4) is 5.75 Å². The number of rotatable bonds is 6. The zero-order valence-electron chi connectivity index (χ0n) is 13.3. The van der Waals surface area contributed by atoms with Crippen LogP contribution in [0.25, 0.3) is 0 Å². The first-order valence-corrected chi connectivity index (χ1v) is 7.33. The second-order valence-corrected chi connectivity index (χ2v) is 5.49. The fraction of sp³-hybridized carbons (Fsp3) is 0.235. The predicted molar refractivity (Wildman–Crippen MR) is 87.7 cm³/mol. The van der Waals surface area contributed by atoms with Crippen LogP contribution >= 0.6 is 0 Å². The molecule has 1 amide bonds. The summed E-state index contributed by atoms with van der Waals surface area (Å²) in [5, 5.41) is 13.0. The number of carbonyl (C=O) groups is 1. The third-order valence-electron chi connectivity index (χ3n) is 3.33. The molecule has 0 saturated heterocycles. The number of nitro groups is 1. The molecule has 0 aromatic heterocycles. The Kier molecular flexibility index (Phi) is 5.47. The fourth-order valence-electron chi connectivity index (χ4n) is 2.02. The molecule has 7 heteroatoms. The van der Waals surface area contributed by atoms with Crippen LogP contribution in [-0.2, 0) is 4.79 Å². The van der Waals surface area contributed by atoms with Crippen LogP contribution in [0.4, 0.5) is 15.8 Å². The SMILES string of the molecule is CC(C)c1cccc(OCC(=O)Nc2cc([N+](=O)[O-])ccc2F)c1. The molecule has 126 valence electrons. The molecule has 6 nitrogen and oxygen atoms in total. The van der Waals surface area contributed by atoms with Gasteiger partial charge in [-0.2, -0.15) is 0 Å². The summed E-state index contributed by atoms with van der Waals surface area (Å²) in [5.74, 6) is -0.516. The molecule has 0 spiro atoms. The Bertz CT molecular complexity index is 762. The maximum Gasteiger partial charge on any atom is 0.271 e. The lowest BCUT2D eigenvalue weighted by Gasteiger charge is -2.10. The smallest absolute Gasteiger partial charge is 0.271 e. The Morgan fingerprint density at radius 1 is 1.29 bits per heavy atom. The van der Waals surface area contributed by atoms with Crippen molar-refractivity contribution in [3.05, 3.63) is 64.0 Å². The Morgan fingerprint density at radius 2 is 2.04 bits per heavy atom. The number of nitro benzene ring substituents is 1. The molecule has 24 heavy (non-hydrogen) atoms. The number of non-ortho nitro benzene ring substituents is 1. The Hall–Kier alpha value is -2.96. The number of halogens is 1. The Morgan fingerprint density at radius 3 is 2.71 bits per heavy atom. The van der Waals surface area contributed by atoms with Gasteiger partial charge >= 0.3 is 0 Å². The third-order valence-corrected chi connectivity index (χ3v) is 3.33. The highest BCUT2D eigenvalue weighted by Crippen LogP contribution is 2.22. The van der Waals surface area contributed by atoms with Crippen LogP contribution < -0.4 is 10.1 Å². The van der Waals surface area contributed by atoms with Gasteiger partial charge in [-0.25, -0.2) is 4.39 Å². The first kappa shape index (κ1) is 17.4. The number of amides is 1. The van der Waals surface area contributed by atoms with Crippen LogP contribution in [-0.4, -0.2) is 17.4 Å². The van der Waals surface area contributed by atoms with Crippen LogP contribution in [0.2, 0.25) is 0 Å². The lowest BCUT2D eigenvalue weighted by atomic mass is 10.0. The van der Waals surface area contributed by atoms with Gasteiger partial charge in [-0.15, -0.1) is 0 Å². The first-order chi connectivity index (χ1) is 11.4. The molecule has 0 aliphatic carbocycles. The molecule has 0 aliphatic rings. The van der Waals surface area contributed by atoms with E-state index in [0.29, 0.717) is 11.7 Å². The lowest BCUT2D eigenvalue weighted by Crippen LogP contribution is -2.21. The van der Waals surface area contributed by atoms with Gasteiger partial charge in [-0.3, -0.25) is 14.9 Å². The maximum absolute atomic E-state index is 13.6.